The van der Waals surface area contributed by atoms with Crippen molar-refractivity contribution in [2.45, 2.75) is 31.6 Å². The molecule has 168 valence electrons. The summed E-state index contributed by atoms with van der Waals surface area (Å²) in [5.41, 5.74) is 2.59. The number of carbonyl (C=O) groups excluding carboxylic acids is 1. The van der Waals surface area contributed by atoms with E-state index < -0.39 is 0 Å². The van der Waals surface area contributed by atoms with E-state index in [2.05, 4.69) is 15.2 Å². The first-order valence-corrected chi connectivity index (χ1v) is 11.1. The molecule has 2 aromatic heterocycles. The second-order valence-electron chi connectivity index (χ2n) is 8.27. The van der Waals surface area contributed by atoms with Crippen LogP contribution in [-0.2, 0) is 11.2 Å². The number of aryl methyl sites for hydroxylation is 1. The number of nitrogens with zero attached hydrogens (tertiary/aromatic N) is 5. The van der Waals surface area contributed by atoms with Crippen LogP contribution in [0, 0.1) is 5.82 Å². The lowest BCUT2D eigenvalue weighted by molar-refractivity contribution is -0.132. The Bertz CT molecular complexity index is 1240. The maximum Gasteiger partial charge on any atom is 0.231 e. The van der Waals surface area contributed by atoms with Gasteiger partial charge in [-0.05, 0) is 49.1 Å². The predicted molar refractivity (Wildman–Crippen MR) is 120 cm³/mol. The number of aromatic nitrogens is 4. The third-order valence-corrected chi connectivity index (χ3v) is 5.93. The third kappa shape index (κ3) is 4.84. The Labute approximate surface area is 190 Å². The predicted octanol–water partition coefficient (Wildman–Crippen LogP) is 4.40. The van der Waals surface area contributed by atoms with Crippen LogP contribution in [0.2, 0.25) is 0 Å². The van der Waals surface area contributed by atoms with Crippen molar-refractivity contribution in [2.75, 3.05) is 13.1 Å². The standard InChI is InChI=1S/C25H24FN5O2/c26-21-8-4-6-19(14-21)24-28-25(33-29-24)20-7-5-13-30(17-20)23(32)12-11-18-15-27-31(16-18)22-9-2-1-3-10-22/h1-4,6,8-10,14-16,20H,5,7,11-13,17H2. The van der Waals surface area contributed by atoms with Gasteiger partial charge in [0.15, 0.2) is 0 Å². The molecule has 1 saturated heterocycles. The molecule has 0 spiro atoms. The molecule has 1 atom stereocenters. The van der Waals surface area contributed by atoms with Gasteiger partial charge in [-0.3, -0.25) is 4.79 Å². The van der Waals surface area contributed by atoms with E-state index in [9.17, 15) is 9.18 Å². The summed E-state index contributed by atoms with van der Waals surface area (Å²) >= 11 is 0. The van der Waals surface area contributed by atoms with Crippen LogP contribution in [-0.4, -0.2) is 43.8 Å². The number of para-hydroxylation sites is 1. The number of halogens is 1. The van der Waals surface area contributed by atoms with Crippen LogP contribution >= 0.6 is 0 Å². The summed E-state index contributed by atoms with van der Waals surface area (Å²) in [7, 11) is 0. The molecule has 1 fully saturated rings. The monoisotopic (exact) mass is 445 g/mol. The van der Waals surface area contributed by atoms with Gasteiger partial charge in [0.25, 0.3) is 0 Å². The van der Waals surface area contributed by atoms with Crippen molar-refractivity contribution < 1.29 is 13.7 Å². The molecule has 2 aromatic carbocycles. The van der Waals surface area contributed by atoms with Crippen molar-refractivity contribution in [3.8, 4) is 17.1 Å². The first-order valence-electron chi connectivity index (χ1n) is 11.1. The van der Waals surface area contributed by atoms with Gasteiger partial charge in [0.1, 0.15) is 5.82 Å². The van der Waals surface area contributed by atoms with Crippen molar-refractivity contribution in [1.82, 2.24) is 24.8 Å². The quantitative estimate of drug-likeness (QED) is 0.440. The summed E-state index contributed by atoms with van der Waals surface area (Å²) in [6.45, 7) is 1.27. The molecular formula is C25H24FN5O2. The molecule has 7 nitrogen and oxygen atoms in total. The number of benzene rings is 2. The van der Waals surface area contributed by atoms with Gasteiger partial charge in [-0.15, -0.1) is 0 Å². The van der Waals surface area contributed by atoms with Crippen LogP contribution in [0.15, 0.2) is 71.5 Å². The minimum Gasteiger partial charge on any atom is -0.342 e. The molecule has 3 heterocycles. The molecule has 0 bridgehead atoms. The van der Waals surface area contributed by atoms with E-state index in [1.165, 1.54) is 12.1 Å². The zero-order chi connectivity index (χ0) is 22.6. The number of rotatable bonds is 6. The molecule has 1 aliphatic heterocycles. The molecule has 0 aliphatic carbocycles. The summed E-state index contributed by atoms with van der Waals surface area (Å²) < 4.78 is 20.8. The van der Waals surface area contributed by atoms with E-state index in [1.807, 2.05) is 52.3 Å². The maximum atomic E-state index is 13.5. The molecular weight excluding hydrogens is 421 g/mol. The lowest BCUT2D eigenvalue weighted by Crippen LogP contribution is -2.39. The molecule has 1 aliphatic rings. The molecule has 5 rings (SSSR count). The minimum atomic E-state index is -0.345. The van der Waals surface area contributed by atoms with E-state index in [-0.39, 0.29) is 17.6 Å². The number of hydrogen-bond donors (Lipinski definition) is 0. The molecule has 8 heteroatoms. The van der Waals surface area contributed by atoms with Crippen LogP contribution in [0.25, 0.3) is 17.1 Å². The highest BCUT2D eigenvalue weighted by Crippen LogP contribution is 2.28. The van der Waals surface area contributed by atoms with Gasteiger partial charge in [-0.2, -0.15) is 10.1 Å². The second-order valence-corrected chi connectivity index (χ2v) is 8.27. The van der Waals surface area contributed by atoms with Crippen LogP contribution in [0.1, 0.15) is 36.6 Å². The highest BCUT2D eigenvalue weighted by Gasteiger charge is 2.28. The Balaban J connectivity index is 1.19. The maximum absolute atomic E-state index is 13.5. The van der Waals surface area contributed by atoms with E-state index in [1.54, 1.807) is 12.1 Å². The van der Waals surface area contributed by atoms with Crippen molar-refractivity contribution in [3.05, 3.63) is 84.3 Å². The Morgan fingerprint density at radius 1 is 1.15 bits per heavy atom. The SMILES string of the molecule is O=C(CCc1cnn(-c2ccccc2)c1)N1CCCC(c2nc(-c3cccc(F)c3)no2)C1. The number of hydrogen-bond acceptors (Lipinski definition) is 5. The van der Waals surface area contributed by atoms with Gasteiger partial charge in [-0.1, -0.05) is 35.5 Å². The fourth-order valence-electron chi connectivity index (χ4n) is 4.17. The molecule has 4 aromatic rings. The van der Waals surface area contributed by atoms with E-state index >= 15 is 0 Å². The fourth-order valence-corrected chi connectivity index (χ4v) is 4.17. The minimum absolute atomic E-state index is 0.0154. The molecule has 33 heavy (non-hydrogen) atoms. The van der Waals surface area contributed by atoms with Crippen molar-refractivity contribution in [3.63, 3.8) is 0 Å². The zero-order valence-electron chi connectivity index (χ0n) is 18.1. The van der Waals surface area contributed by atoms with Crippen LogP contribution < -0.4 is 0 Å². The van der Waals surface area contributed by atoms with Crippen LogP contribution in [0.4, 0.5) is 4.39 Å². The lowest BCUT2D eigenvalue weighted by atomic mass is 9.97. The topological polar surface area (TPSA) is 77.1 Å². The van der Waals surface area contributed by atoms with Gasteiger partial charge < -0.3 is 9.42 Å². The van der Waals surface area contributed by atoms with E-state index in [0.717, 1.165) is 30.6 Å². The lowest BCUT2D eigenvalue weighted by Gasteiger charge is -2.31. The van der Waals surface area contributed by atoms with Gasteiger partial charge in [0, 0.05) is 31.3 Å². The van der Waals surface area contributed by atoms with Gasteiger partial charge in [0.05, 0.1) is 17.8 Å². The second kappa shape index (κ2) is 9.36. The zero-order valence-corrected chi connectivity index (χ0v) is 18.1. The van der Waals surface area contributed by atoms with Crippen LogP contribution in [0.3, 0.4) is 0 Å². The van der Waals surface area contributed by atoms with Crippen molar-refractivity contribution in [1.29, 1.82) is 0 Å². The number of piperidine rings is 1. The largest absolute Gasteiger partial charge is 0.342 e. The Morgan fingerprint density at radius 2 is 2.03 bits per heavy atom. The summed E-state index contributed by atoms with van der Waals surface area (Å²) in [5, 5.41) is 8.41. The number of carbonyl (C=O) groups is 1. The van der Waals surface area contributed by atoms with Crippen molar-refractivity contribution in [2.24, 2.45) is 0 Å². The third-order valence-electron chi connectivity index (χ3n) is 5.93. The van der Waals surface area contributed by atoms with Crippen molar-refractivity contribution >= 4 is 5.91 Å². The summed E-state index contributed by atoms with van der Waals surface area (Å²) in [5.74, 6) is 0.609. The molecule has 1 unspecified atom stereocenters. The number of amides is 1. The molecule has 1 amide bonds. The average Bonchev–Trinajstić information content (AvgIpc) is 3.54. The van der Waals surface area contributed by atoms with Gasteiger partial charge in [-0.25, -0.2) is 9.07 Å². The summed E-state index contributed by atoms with van der Waals surface area (Å²) in [6.07, 6.45) is 6.58. The summed E-state index contributed by atoms with van der Waals surface area (Å²) in [4.78, 5) is 19.2. The Morgan fingerprint density at radius 3 is 2.88 bits per heavy atom. The summed E-state index contributed by atoms with van der Waals surface area (Å²) in [6, 6.07) is 16.0. The normalized spacial score (nSPS) is 16.2. The molecule has 0 saturated carbocycles. The van der Waals surface area contributed by atoms with E-state index in [4.69, 9.17) is 4.52 Å². The van der Waals surface area contributed by atoms with Gasteiger partial charge >= 0.3 is 0 Å². The highest BCUT2D eigenvalue weighted by atomic mass is 19.1. The number of likely N-dealkylation sites (tertiary alicyclic amines) is 1. The molecule has 0 radical (unpaired) electrons. The average molecular weight is 445 g/mol. The Kier molecular flexibility index (Phi) is 5.97. The molecule has 0 N–H and O–H groups in total. The fraction of sp³-hybridized carbons (Fsp3) is 0.280. The van der Waals surface area contributed by atoms with E-state index in [0.29, 0.717) is 36.7 Å². The smallest absolute Gasteiger partial charge is 0.231 e. The first kappa shape index (κ1) is 21.1. The van der Waals surface area contributed by atoms with Gasteiger partial charge in [0.2, 0.25) is 17.6 Å². The van der Waals surface area contributed by atoms with Crippen LogP contribution in [0.5, 0.6) is 0 Å². The first-order chi connectivity index (χ1) is 16.2. The highest BCUT2D eigenvalue weighted by molar-refractivity contribution is 5.76. The Hall–Kier alpha value is -3.81.